The van der Waals surface area contributed by atoms with Crippen molar-refractivity contribution in [1.29, 1.82) is 0 Å². The lowest BCUT2D eigenvalue weighted by atomic mass is 10.2. The van der Waals surface area contributed by atoms with Crippen molar-refractivity contribution in [2.24, 2.45) is 5.10 Å². The van der Waals surface area contributed by atoms with Gasteiger partial charge in [-0.2, -0.15) is 9.78 Å². The number of nitrogens with two attached hydrogens (primary N) is 1. The van der Waals surface area contributed by atoms with Crippen LogP contribution in [0.1, 0.15) is 42.0 Å². The Hall–Kier alpha value is -3.96. The van der Waals surface area contributed by atoms with Gasteiger partial charge in [0.2, 0.25) is 11.6 Å². The minimum atomic E-state index is -0.546. The number of aromatic hydroxyl groups is 1. The summed E-state index contributed by atoms with van der Waals surface area (Å²) in [7, 11) is 0. The number of ether oxygens (including phenoxy) is 1. The van der Waals surface area contributed by atoms with Gasteiger partial charge in [0.05, 0.1) is 18.5 Å². The van der Waals surface area contributed by atoms with Crippen LogP contribution in [0.4, 0.5) is 5.82 Å². The minimum Gasteiger partial charge on any atom is -0.504 e. The molecule has 12 nitrogen and oxygen atoms in total. The lowest BCUT2D eigenvalue weighted by Crippen LogP contribution is -2.20. The first kappa shape index (κ1) is 19.8. The maximum Gasteiger partial charge on any atom is 0.293 e. The van der Waals surface area contributed by atoms with E-state index in [2.05, 4.69) is 35.8 Å². The Morgan fingerprint density at radius 2 is 2.24 bits per heavy atom. The van der Waals surface area contributed by atoms with Crippen molar-refractivity contribution in [2.45, 2.75) is 26.7 Å². The molecule has 29 heavy (non-hydrogen) atoms. The van der Waals surface area contributed by atoms with Crippen LogP contribution in [-0.2, 0) is 6.42 Å². The van der Waals surface area contributed by atoms with E-state index >= 15 is 0 Å². The van der Waals surface area contributed by atoms with Gasteiger partial charge in [-0.3, -0.25) is 4.79 Å². The molecular weight excluding hydrogens is 380 g/mol. The normalized spacial score (nSPS) is 11.1. The van der Waals surface area contributed by atoms with Gasteiger partial charge in [0.25, 0.3) is 5.91 Å². The van der Waals surface area contributed by atoms with Gasteiger partial charge in [-0.1, -0.05) is 18.6 Å². The average molecular weight is 400 g/mol. The minimum absolute atomic E-state index is 0.0236. The molecule has 0 radical (unpaired) electrons. The molecule has 0 aliphatic rings. The number of hydrazone groups is 1. The number of phenolic OH excluding ortho intramolecular Hbond substituents is 1. The molecule has 12 heteroatoms. The SMILES string of the molecule is CCCc1c(C(=O)N/N=C/c2ccc(O)c(OCC)c2)nnn1-c1nonc1N. The smallest absolute Gasteiger partial charge is 0.293 e. The molecule has 0 spiro atoms. The molecule has 3 aromatic rings. The summed E-state index contributed by atoms with van der Waals surface area (Å²) in [4.78, 5) is 12.5. The standard InChI is InChI=1S/C17H20N8O4/c1-3-5-11-14(20-24-25(11)16-15(18)22-29-23-16)17(27)21-19-9-10-6-7-12(26)13(8-10)28-4-2/h6-9,26H,3-5H2,1-2H3,(H2,18,22)(H,21,27)/b19-9+. The second-order valence-electron chi connectivity index (χ2n) is 5.88. The zero-order valence-corrected chi connectivity index (χ0v) is 15.9. The molecule has 0 bridgehead atoms. The van der Waals surface area contributed by atoms with Gasteiger partial charge < -0.3 is 15.6 Å². The van der Waals surface area contributed by atoms with Gasteiger partial charge in [0, 0.05) is 0 Å². The largest absolute Gasteiger partial charge is 0.504 e. The first-order valence-corrected chi connectivity index (χ1v) is 8.87. The Morgan fingerprint density at radius 3 is 2.93 bits per heavy atom. The fraction of sp³-hybridized carbons (Fsp3) is 0.294. The number of carbonyl (C=O) groups is 1. The van der Waals surface area contributed by atoms with Crippen LogP contribution >= 0.6 is 0 Å². The number of anilines is 1. The molecule has 0 saturated carbocycles. The number of nitrogen functional groups attached to an aromatic ring is 1. The van der Waals surface area contributed by atoms with E-state index in [1.807, 2.05) is 13.8 Å². The van der Waals surface area contributed by atoms with E-state index in [1.165, 1.54) is 17.0 Å². The maximum atomic E-state index is 12.5. The van der Waals surface area contributed by atoms with Crippen LogP contribution in [-0.4, -0.2) is 49.1 Å². The van der Waals surface area contributed by atoms with Gasteiger partial charge in [-0.05, 0) is 47.4 Å². The molecule has 1 aromatic carbocycles. The third-order valence-electron chi connectivity index (χ3n) is 3.82. The topological polar surface area (TPSA) is 167 Å². The summed E-state index contributed by atoms with van der Waals surface area (Å²) >= 11 is 0. The Labute approximate surface area is 165 Å². The number of amides is 1. The number of aromatic nitrogens is 5. The molecule has 0 aliphatic carbocycles. The van der Waals surface area contributed by atoms with Crippen LogP contribution in [0.25, 0.3) is 5.82 Å². The number of rotatable bonds is 8. The molecule has 2 aromatic heterocycles. The predicted molar refractivity (Wildman–Crippen MR) is 102 cm³/mol. The van der Waals surface area contributed by atoms with E-state index in [0.717, 1.165) is 6.42 Å². The average Bonchev–Trinajstić information content (AvgIpc) is 3.30. The number of hydrogen-bond donors (Lipinski definition) is 3. The first-order chi connectivity index (χ1) is 14.0. The number of phenols is 1. The molecular formula is C17H20N8O4. The lowest BCUT2D eigenvalue weighted by molar-refractivity contribution is 0.0949. The van der Waals surface area contributed by atoms with Crippen LogP contribution in [0.15, 0.2) is 27.9 Å². The fourth-order valence-corrected chi connectivity index (χ4v) is 2.55. The molecule has 4 N–H and O–H groups in total. The van der Waals surface area contributed by atoms with E-state index in [0.29, 0.717) is 30.0 Å². The highest BCUT2D eigenvalue weighted by molar-refractivity contribution is 5.94. The molecule has 0 unspecified atom stereocenters. The first-order valence-electron chi connectivity index (χ1n) is 8.87. The van der Waals surface area contributed by atoms with Crippen molar-refractivity contribution in [3.8, 4) is 17.3 Å². The number of carbonyl (C=O) groups excluding carboxylic acids is 1. The number of nitrogens with one attached hydrogen (secondary N) is 1. The molecule has 0 atom stereocenters. The van der Waals surface area contributed by atoms with Crippen LogP contribution in [0.2, 0.25) is 0 Å². The highest BCUT2D eigenvalue weighted by Crippen LogP contribution is 2.26. The van der Waals surface area contributed by atoms with Crippen molar-refractivity contribution in [1.82, 2.24) is 30.7 Å². The highest BCUT2D eigenvalue weighted by atomic mass is 16.6. The van der Waals surface area contributed by atoms with Crippen LogP contribution in [0.3, 0.4) is 0 Å². The molecule has 3 rings (SSSR count). The lowest BCUT2D eigenvalue weighted by Gasteiger charge is -2.06. The van der Waals surface area contributed by atoms with Crippen LogP contribution < -0.4 is 15.9 Å². The van der Waals surface area contributed by atoms with Gasteiger partial charge in [-0.15, -0.1) is 5.10 Å². The van der Waals surface area contributed by atoms with E-state index in [4.69, 9.17) is 10.5 Å². The van der Waals surface area contributed by atoms with E-state index in [-0.39, 0.29) is 23.1 Å². The summed E-state index contributed by atoms with van der Waals surface area (Å²) in [5.74, 6) is 0.00531. The fourth-order valence-electron chi connectivity index (χ4n) is 2.55. The second kappa shape index (κ2) is 8.82. The van der Waals surface area contributed by atoms with Crippen LogP contribution in [0, 0.1) is 0 Å². The highest BCUT2D eigenvalue weighted by Gasteiger charge is 2.23. The third kappa shape index (κ3) is 4.31. The van der Waals surface area contributed by atoms with Gasteiger partial charge in [-0.25, -0.2) is 10.1 Å². The zero-order chi connectivity index (χ0) is 20.8. The quantitative estimate of drug-likeness (QED) is 0.370. The number of nitrogens with zero attached hydrogens (tertiary/aromatic N) is 6. The van der Waals surface area contributed by atoms with Gasteiger partial charge in [0.15, 0.2) is 17.2 Å². The molecule has 0 saturated heterocycles. The molecule has 152 valence electrons. The molecule has 2 heterocycles. The summed E-state index contributed by atoms with van der Waals surface area (Å²) in [6.45, 7) is 4.17. The Balaban J connectivity index is 1.77. The Bertz CT molecular complexity index is 1030. The third-order valence-corrected chi connectivity index (χ3v) is 3.82. The van der Waals surface area contributed by atoms with Crippen molar-refractivity contribution in [2.75, 3.05) is 12.3 Å². The number of benzene rings is 1. The maximum absolute atomic E-state index is 12.5. The molecule has 0 aliphatic heterocycles. The van der Waals surface area contributed by atoms with Crippen molar-refractivity contribution >= 4 is 17.9 Å². The number of hydrogen-bond acceptors (Lipinski definition) is 10. The summed E-state index contributed by atoms with van der Waals surface area (Å²) in [5.41, 5.74) is 9.34. The zero-order valence-electron chi connectivity index (χ0n) is 15.9. The summed E-state index contributed by atoms with van der Waals surface area (Å²) < 4.78 is 11.2. The van der Waals surface area contributed by atoms with Gasteiger partial charge >= 0.3 is 0 Å². The Kier molecular flexibility index (Phi) is 6.02. The molecule has 1 amide bonds. The van der Waals surface area contributed by atoms with Crippen molar-refractivity contribution < 1.29 is 19.3 Å². The molecule has 0 fully saturated rings. The van der Waals surface area contributed by atoms with Crippen molar-refractivity contribution in [3.05, 3.63) is 35.2 Å². The summed E-state index contributed by atoms with van der Waals surface area (Å²) in [6, 6.07) is 4.72. The van der Waals surface area contributed by atoms with Gasteiger partial charge in [0.1, 0.15) is 0 Å². The van der Waals surface area contributed by atoms with E-state index < -0.39 is 5.91 Å². The van der Waals surface area contributed by atoms with E-state index in [9.17, 15) is 9.90 Å². The Morgan fingerprint density at radius 1 is 1.41 bits per heavy atom. The van der Waals surface area contributed by atoms with Crippen molar-refractivity contribution in [3.63, 3.8) is 0 Å². The van der Waals surface area contributed by atoms with Crippen LogP contribution in [0.5, 0.6) is 11.5 Å². The summed E-state index contributed by atoms with van der Waals surface area (Å²) in [5, 5.41) is 28.7. The summed E-state index contributed by atoms with van der Waals surface area (Å²) in [6.07, 6.45) is 2.65. The second-order valence-corrected chi connectivity index (χ2v) is 5.88. The van der Waals surface area contributed by atoms with E-state index in [1.54, 1.807) is 12.1 Å². The monoisotopic (exact) mass is 400 g/mol. The predicted octanol–water partition coefficient (Wildman–Crippen LogP) is 1.05.